The van der Waals surface area contributed by atoms with E-state index in [4.69, 9.17) is 18.0 Å². The second kappa shape index (κ2) is 4.57. The van der Waals surface area contributed by atoms with E-state index in [0.717, 1.165) is 24.5 Å². The number of nitrogens with zero attached hydrogens (tertiary/aromatic N) is 2. The lowest BCUT2D eigenvalue weighted by molar-refractivity contribution is 0.934. The van der Waals surface area contributed by atoms with Gasteiger partial charge in [-0.2, -0.15) is 0 Å². The predicted octanol–water partition coefficient (Wildman–Crippen LogP) is 1.51. The quantitative estimate of drug-likeness (QED) is 0.786. The standard InChI is InChI=1S/C11H15N3S/c12-10(15)7-9-3-4-11(13-8-9)14-5-1-2-6-14/h3-4,8H,1-2,5-7H2,(H2,12,15). The van der Waals surface area contributed by atoms with Crippen LogP contribution in [0.3, 0.4) is 0 Å². The van der Waals surface area contributed by atoms with E-state index in [1.54, 1.807) is 0 Å². The lowest BCUT2D eigenvalue weighted by Gasteiger charge is -2.16. The average Bonchev–Trinajstić information content (AvgIpc) is 2.71. The predicted molar refractivity (Wildman–Crippen MR) is 66.2 cm³/mol. The molecule has 4 heteroatoms. The molecule has 0 bridgehead atoms. The summed E-state index contributed by atoms with van der Waals surface area (Å²) in [6, 6.07) is 4.11. The van der Waals surface area contributed by atoms with Crippen LogP contribution in [0.1, 0.15) is 18.4 Å². The molecule has 2 heterocycles. The van der Waals surface area contributed by atoms with E-state index >= 15 is 0 Å². The Kier molecular flexibility index (Phi) is 3.16. The lowest BCUT2D eigenvalue weighted by atomic mass is 10.2. The first-order chi connectivity index (χ1) is 7.25. The summed E-state index contributed by atoms with van der Waals surface area (Å²) >= 11 is 4.86. The van der Waals surface area contributed by atoms with Gasteiger partial charge >= 0.3 is 0 Å². The Hall–Kier alpha value is -1.16. The Morgan fingerprint density at radius 2 is 2.13 bits per heavy atom. The third-order valence-corrected chi connectivity index (χ3v) is 2.76. The number of nitrogens with two attached hydrogens (primary N) is 1. The molecule has 1 aliphatic heterocycles. The third kappa shape index (κ3) is 2.65. The normalized spacial score (nSPS) is 15.6. The largest absolute Gasteiger partial charge is 0.393 e. The van der Waals surface area contributed by atoms with Gasteiger partial charge in [0.15, 0.2) is 0 Å². The smallest absolute Gasteiger partial charge is 0.128 e. The van der Waals surface area contributed by atoms with E-state index in [-0.39, 0.29) is 0 Å². The molecule has 2 N–H and O–H groups in total. The fourth-order valence-electron chi connectivity index (χ4n) is 1.86. The van der Waals surface area contributed by atoms with Gasteiger partial charge in [-0.25, -0.2) is 4.98 Å². The van der Waals surface area contributed by atoms with Crippen LogP contribution in [0.15, 0.2) is 18.3 Å². The van der Waals surface area contributed by atoms with E-state index in [1.165, 1.54) is 12.8 Å². The van der Waals surface area contributed by atoms with Crippen molar-refractivity contribution in [1.82, 2.24) is 4.98 Å². The molecule has 1 fully saturated rings. The van der Waals surface area contributed by atoms with Crippen LogP contribution < -0.4 is 10.6 Å². The molecule has 0 saturated carbocycles. The molecule has 1 aliphatic rings. The van der Waals surface area contributed by atoms with Crippen molar-refractivity contribution in [2.45, 2.75) is 19.3 Å². The highest BCUT2D eigenvalue weighted by Gasteiger charge is 2.12. The Labute approximate surface area is 95.3 Å². The van der Waals surface area contributed by atoms with Crippen LogP contribution in [0.2, 0.25) is 0 Å². The molecule has 0 aliphatic carbocycles. The molecular formula is C11H15N3S. The zero-order chi connectivity index (χ0) is 10.7. The second-order valence-corrected chi connectivity index (χ2v) is 4.39. The van der Waals surface area contributed by atoms with Crippen molar-refractivity contribution in [3.63, 3.8) is 0 Å². The van der Waals surface area contributed by atoms with Gasteiger partial charge in [0.2, 0.25) is 0 Å². The van der Waals surface area contributed by atoms with Gasteiger partial charge in [0.25, 0.3) is 0 Å². The van der Waals surface area contributed by atoms with Crippen molar-refractivity contribution in [1.29, 1.82) is 0 Å². The molecule has 1 aromatic rings. The number of hydrogen-bond donors (Lipinski definition) is 1. The summed E-state index contributed by atoms with van der Waals surface area (Å²) in [5.41, 5.74) is 6.57. The van der Waals surface area contributed by atoms with Gasteiger partial charge in [-0.05, 0) is 24.5 Å². The van der Waals surface area contributed by atoms with Gasteiger partial charge in [0, 0.05) is 25.7 Å². The Morgan fingerprint density at radius 1 is 1.40 bits per heavy atom. The minimum Gasteiger partial charge on any atom is -0.393 e. The van der Waals surface area contributed by atoms with Crippen molar-refractivity contribution in [2.75, 3.05) is 18.0 Å². The van der Waals surface area contributed by atoms with Gasteiger partial charge in [-0.15, -0.1) is 0 Å². The molecule has 80 valence electrons. The molecule has 0 unspecified atom stereocenters. The molecule has 0 radical (unpaired) electrons. The first-order valence-electron chi connectivity index (χ1n) is 5.24. The van der Waals surface area contributed by atoms with Crippen LogP contribution in [-0.4, -0.2) is 23.1 Å². The van der Waals surface area contributed by atoms with E-state index in [2.05, 4.69) is 22.0 Å². The molecule has 0 aromatic carbocycles. The van der Waals surface area contributed by atoms with Gasteiger partial charge in [-0.3, -0.25) is 0 Å². The molecule has 2 rings (SSSR count). The summed E-state index contributed by atoms with van der Waals surface area (Å²) in [4.78, 5) is 7.25. The summed E-state index contributed by atoms with van der Waals surface area (Å²) in [7, 11) is 0. The van der Waals surface area contributed by atoms with E-state index in [9.17, 15) is 0 Å². The fourth-order valence-corrected chi connectivity index (χ4v) is 2.02. The van der Waals surface area contributed by atoms with E-state index in [1.807, 2.05) is 6.20 Å². The molecule has 0 spiro atoms. The minimum atomic E-state index is 0.519. The fraction of sp³-hybridized carbons (Fsp3) is 0.455. The van der Waals surface area contributed by atoms with Crippen LogP contribution in [0.25, 0.3) is 0 Å². The number of rotatable bonds is 3. The van der Waals surface area contributed by atoms with Gasteiger partial charge < -0.3 is 10.6 Å². The number of thiocarbonyl (C=S) groups is 1. The molecule has 0 amide bonds. The maximum Gasteiger partial charge on any atom is 0.128 e. The van der Waals surface area contributed by atoms with Crippen LogP contribution in [0.5, 0.6) is 0 Å². The zero-order valence-electron chi connectivity index (χ0n) is 8.65. The molecule has 15 heavy (non-hydrogen) atoms. The number of hydrogen-bond acceptors (Lipinski definition) is 3. The van der Waals surface area contributed by atoms with Gasteiger partial charge in [0.05, 0.1) is 4.99 Å². The van der Waals surface area contributed by atoms with Crippen molar-refractivity contribution in [2.24, 2.45) is 5.73 Å². The molecule has 3 nitrogen and oxygen atoms in total. The lowest BCUT2D eigenvalue weighted by Crippen LogP contribution is -2.19. The molecular weight excluding hydrogens is 206 g/mol. The monoisotopic (exact) mass is 221 g/mol. The van der Waals surface area contributed by atoms with Crippen LogP contribution >= 0.6 is 12.2 Å². The highest BCUT2D eigenvalue weighted by atomic mass is 32.1. The van der Waals surface area contributed by atoms with Crippen LogP contribution in [0.4, 0.5) is 5.82 Å². The summed E-state index contributed by atoms with van der Waals surface area (Å²) < 4.78 is 0. The highest BCUT2D eigenvalue weighted by molar-refractivity contribution is 7.80. The molecule has 1 aromatic heterocycles. The summed E-state index contributed by atoms with van der Waals surface area (Å²) in [6.45, 7) is 2.25. The first kappa shape index (κ1) is 10.4. The second-order valence-electron chi connectivity index (χ2n) is 3.86. The first-order valence-corrected chi connectivity index (χ1v) is 5.65. The van der Waals surface area contributed by atoms with E-state index in [0.29, 0.717) is 11.4 Å². The zero-order valence-corrected chi connectivity index (χ0v) is 9.46. The van der Waals surface area contributed by atoms with Crippen molar-refractivity contribution >= 4 is 23.0 Å². The SMILES string of the molecule is NC(=S)Cc1ccc(N2CCCC2)nc1. The van der Waals surface area contributed by atoms with Crippen molar-refractivity contribution in [3.05, 3.63) is 23.9 Å². The number of aromatic nitrogens is 1. The van der Waals surface area contributed by atoms with Crippen LogP contribution in [-0.2, 0) is 6.42 Å². The van der Waals surface area contributed by atoms with E-state index < -0.39 is 0 Å². The van der Waals surface area contributed by atoms with Crippen molar-refractivity contribution < 1.29 is 0 Å². The summed E-state index contributed by atoms with van der Waals surface area (Å²) in [6.07, 6.45) is 5.06. The maximum absolute atomic E-state index is 5.48. The van der Waals surface area contributed by atoms with Gasteiger partial charge in [-0.1, -0.05) is 18.3 Å². The summed E-state index contributed by atoms with van der Waals surface area (Å²) in [5.74, 6) is 1.07. The number of anilines is 1. The average molecular weight is 221 g/mol. The molecule has 1 saturated heterocycles. The van der Waals surface area contributed by atoms with Crippen LogP contribution in [0, 0.1) is 0 Å². The minimum absolute atomic E-state index is 0.519. The third-order valence-electron chi connectivity index (χ3n) is 2.62. The number of pyridine rings is 1. The Balaban J connectivity index is 2.06. The Morgan fingerprint density at radius 3 is 2.67 bits per heavy atom. The maximum atomic E-state index is 5.48. The Bertz CT molecular complexity index is 341. The topological polar surface area (TPSA) is 42.1 Å². The molecule has 0 atom stereocenters. The van der Waals surface area contributed by atoms with Crippen molar-refractivity contribution in [3.8, 4) is 0 Å². The van der Waals surface area contributed by atoms with Gasteiger partial charge in [0.1, 0.15) is 5.82 Å². The summed E-state index contributed by atoms with van der Waals surface area (Å²) in [5, 5.41) is 0. The highest BCUT2D eigenvalue weighted by Crippen LogP contribution is 2.17.